The molecule has 1 N–H and O–H groups in total. The molecule has 6 heteroatoms. The van der Waals surface area contributed by atoms with Gasteiger partial charge in [0.15, 0.2) is 0 Å². The third-order valence-corrected chi connectivity index (χ3v) is 5.63. The largest absolute Gasteiger partial charge is 0.497 e. The number of thiophene rings is 1. The molecular formula is C20H27N3O2S. The molecule has 1 aromatic carbocycles. The Morgan fingerprint density at radius 2 is 2.12 bits per heavy atom. The van der Waals surface area contributed by atoms with Gasteiger partial charge in [0, 0.05) is 37.6 Å². The molecule has 0 bridgehead atoms. The first-order valence-electron chi connectivity index (χ1n) is 9.10. The number of benzene rings is 1. The van der Waals surface area contributed by atoms with Gasteiger partial charge in [-0.2, -0.15) is 0 Å². The number of carbonyl (C=O) groups excluding carboxylic acids is 1. The van der Waals surface area contributed by atoms with E-state index in [1.807, 2.05) is 36.1 Å². The summed E-state index contributed by atoms with van der Waals surface area (Å²) in [7, 11) is 1.65. The van der Waals surface area contributed by atoms with Crippen molar-refractivity contribution in [2.24, 2.45) is 0 Å². The van der Waals surface area contributed by atoms with Crippen LogP contribution in [-0.2, 0) is 6.54 Å². The number of ether oxygens (including phenoxy) is 1. The molecule has 2 amide bonds. The van der Waals surface area contributed by atoms with E-state index in [1.54, 1.807) is 18.4 Å². The molecule has 1 fully saturated rings. The molecule has 0 spiro atoms. The standard InChI is InChI=1S/C20H27N3O2S/c1-16(17-6-3-7-18(14-17)25-2)21-20(24)23-10-5-9-22(11-12-23)15-19-8-4-13-26-19/h3-4,6-8,13-14,16H,5,9-12,15H2,1-2H3,(H,21,24)/t16-/m1/s1. The summed E-state index contributed by atoms with van der Waals surface area (Å²) >= 11 is 1.79. The van der Waals surface area contributed by atoms with Crippen molar-refractivity contribution < 1.29 is 9.53 Å². The maximum Gasteiger partial charge on any atom is 0.317 e. The zero-order chi connectivity index (χ0) is 18.4. The van der Waals surface area contributed by atoms with Crippen LogP contribution in [0.1, 0.15) is 29.8 Å². The maximum atomic E-state index is 12.7. The van der Waals surface area contributed by atoms with Gasteiger partial charge in [-0.3, -0.25) is 4.90 Å². The molecule has 5 nitrogen and oxygen atoms in total. The molecule has 1 atom stereocenters. The highest BCUT2D eigenvalue weighted by Crippen LogP contribution is 2.19. The maximum absolute atomic E-state index is 12.7. The summed E-state index contributed by atoms with van der Waals surface area (Å²) in [4.78, 5) is 18.4. The van der Waals surface area contributed by atoms with Crippen LogP contribution < -0.4 is 10.1 Å². The Labute approximate surface area is 159 Å². The Morgan fingerprint density at radius 3 is 2.88 bits per heavy atom. The van der Waals surface area contributed by atoms with Crippen LogP contribution in [0, 0.1) is 0 Å². The Morgan fingerprint density at radius 1 is 1.23 bits per heavy atom. The Balaban J connectivity index is 1.52. The average Bonchev–Trinajstić information content (AvgIpc) is 3.05. The van der Waals surface area contributed by atoms with E-state index in [4.69, 9.17) is 4.74 Å². The second-order valence-electron chi connectivity index (χ2n) is 6.64. The second-order valence-corrected chi connectivity index (χ2v) is 7.68. The van der Waals surface area contributed by atoms with Gasteiger partial charge < -0.3 is 15.0 Å². The van der Waals surface area contributed by atoms with Crippen LogP contribution in [0.15, 0.2) is 41.8 Å². The number of rotatable bonds is 5. The van der Waals surface area contributed by atoms with Crippen molar-refractivity contribution in [1.29, 1.82) is 0 Å². The predicted molar refractivity (Wildman–Crippen MR) is 106 cm³/mol. The van der Waals surface area contributed by atoms with Crippen LogP contribution in [0.2, 0.25) is 0 Å². The molecular weight excluding hydrogens is 346 g/mol. The van der Waals surface area contributed by atoms with Crippen molar-refractivity contribution in [3.8, 4) is 5.75 Å². The topological polar surface area (TPSA) is 44.8 Å². The number of methoxy groups -OCH3 is 1. The smallest absolute Gasteiger partial charge is 0.317 e. The van der Waals surface area contributed by atoms with Gasteiger partial charge in [-0.1, -0.05) is 18.2 Å². The van der Waals surface area contributed by atoms with E-state index in [0.29, 0.717) is 0 Å². The average molecular weight is 374 g/mol. The summed E-state index contributed by atoms with van der Waals surface area (Å²) in [5, 5.41) is 5.24. The molecule has 1 aliphatic rings. The van der Waals surface area contributed by atoms with Gasteiger partial charge in [0.25, 0.3) is 0 Å². The summed E-state index contributed by atoms with van der Waals surface area (Å²) in [5.41, 5.74) is 1.05. The molecule has 0 radical (unpaired) electrons. The first-order valence-corrected chi connectivity index (χ1v) is 9.98. The number of amides is 2. The highest BCUT2D eigenvalue weighted by atomic mass is 32.1. The minimum absolute atomic E-state index is 0.0123. The van der Waals surface area contributed by atoms with E-state index < -0.39 is 0 Å². The lowest BCUT2D eigenvalue weighted by atomic mass is 10.1. The van der Waals surface area contributed by atoms with E-state index in [1.165, 1.54) is 4.88 Å². The summed E-state index contributed by atoms with van der Waals surface area (Å²) in [5.74, 6) is 0.808. The summed E-state index contributed by atoms with van der Waals surface area (Å²) in [6, 6.07) is 12.1. The monoisotopic (exact) mass is 373 g/mol. The van der Waals surface area contributed by atoms with Crippen LogP contribution in [0.3, 0.4) is 0 Å². The van der Waals surface area contributed by atoms with Gasteiger partial charge >= 0.3 is 6.03 Å². The van der Waals surface area contributed by atoms with Crippen molar-refractivity contribution >= 4 is 17.4 Å². The van der Waals surface area contributed by atoms with Gasteiger partial charge in [-0.15, -0.1) is 11.3 Å². The number of hydrogen-bond acceptors (Lipinski definition) is 4. The van der Waals surface area contributed by atoms with Crippen LogP contribution in [0.25, 0.3) is 0 Å². The molecule has 1 aliphatic heterocycles. The molecule has 0 unspecified atom stereocenters. The van der Waals surface area contributed by atoms with Crippen molar-refractivity contribution in [1.82, 2.24) is 15.1 Å². The highest BCUT2D eigenvalue weighted by Gasteiger charge is 2.21. The molecule has 3 rings (SSSR count). The summed E-state index contributed by atoms with van der Waals surface area (Å²) in [6.45, 7) is 6.51. The molecule has 26 heavy (non-hydrogen) atoms. The Bertz CT molecular complexity index is 705. The van der Waals surface area contributed by atoms with Crippen LogP contribution in [0.4, 0.5) is 4.79 Å². The van der Waals surface area contributed by atoms with Crippen molar-refractivity contribution in [3.05, 3.63) is 52.2 Å². The second kappa shape index (κ2) is 9.05. The predicted octanol–water partition coefficient (Wildman–Crippen LogP) is 3.74. The molecule has 140 valence electrons. The van der Waals surface area contributed by atoms with E-state index in [0.717, 1.165) is 50.5 Å². The molecule has 2 aromatic rings. The number of urea groups is 1. The number of nitrogens with zero attached hydrogens (tertiary/aromatic N) is 2. The van der Waals surface area contributed by atoms with Crippen molar-refractivity contribution in [2.75, 3.05) is 33.3 Å². The normalized spacial score (nSPS) is 16.8. The third kappa shape index (κ3) is 4.99. The van der Waals surface area contributed by atoms with Crippen LogP contribution in [0.5, 0.6) is 5.75 Å². The lowest BCUT2D eigenvalue weighted by Crippen LogP contribution is -2.42. The number of nitrogens with one attached hydrogen (secondary N) is 1. The van der Waals surface area contributed by atoms with E-state index in [9.17, 15) is 4.79 Å². The molecule has 0 saturated carbocycles. The zero-order valence-corrected chi connectivity index (χ0v) is 16.3. The lowest BCUT2D eigenvalue weighted by Gasteiger charge is -2.24. The van der Waals surface area contributed by atoms with E-state index in [-0.39, 0.29) is 12.1 Å². The van der Waals surface area contributed by atoms with Crippen LogP contribution >= 0.6 is 11.3 Å². The quantitative estimate of drug-likeness (QED) is 0.868. The molecule has 2 heterocycles. The van der Waals surface area contributed by atoms with E-state index >= 15 is 0 Å². The number of carbonyl (C=O) groups is 1. The van der Waals surface area contributed by atoms with Crippen LogP contribution in [-0.4, -0.2) is 49.1 Å². The van der Waals surface area contributed by atoms with Crippen molar-refractivity contribution in [2.45, 2.75) is 25.9 Å². The third-order valence-electron chi connectivity index (χ3n) is 4.77. The van der Waals surface area contributed by atoms with Gasteiger partial charge in [-0.05, 0) is 42.5 Å². The first kappa shape index (κ1) is 18.7. The molecule has 1 aromatic heterocycles. The fourth-order valence-electron chi connectivity index (χ4n) is 3.23. The minimum atomic E-state index is -0.0527. The minimum Gasteiger partial charge on any atom is -0.497 e. The zero-order valence-electron chi connectivity index (χ0n) is 15.5. The first-order chi connectivity index (χ1) is 12.7. The fourth-order valence-corrected chi connectivity index (χ4v) is 3.97. The van der Waals surface area contributed by atoms with Crippen molar-refractivity contribution in [3.63, 3.8) is 0 Å². The van der Waals surface area contributed by atoms with Gasteiger partial charge in [-0.25, -0.2) is 4.79 Å². The summed E-state index contributed by atoms with van der Waals surface area (Å²) in [6.07, 6.45) is 1.01. The van der Waals surface area contributed by atoms with Gasteiger partial charge in [0.2, 0.25) is 0 Å². The number of hydrogen-bond donors (Lipinski definition) is 1. The Kier molecular flexibility index (Phi) is 6.52. The Hall–Kier alpha value is -2.05. The fraction of sp³-hybridized carbons (Fsp3) is 0.450. The van der Waals surface area contributed by atoms with Gasteiger partial charge in [0.05, 0.1) is 13.2 Å². The molecule has 0 aliphatic carbocycles. The highest BCUT2D eigenvalue weighted by molar-refractivity contribution is 7.09. The molecule has 1 saturated heterocycles. The lowest BCUT2D eigenvalue weighted by molar-refractivity contribution is 0.194. The van der Waals surface area contributed by atoms with Gasteiger partial charge in [0.1, 0.15) is 5.75 Å². The SMILES string of the molecule is COc1cccc([C@@H](C)NC(=O)N2CCCN(Cc3cccs3)CC2)c1. The van der Waals surface area contributed by atoms with E-state index in [2.05, 4.69) is 27.7 Å². The summed E-state index contributed by atoms with van der Waals surface area (Å²) < 4.78 is 5.27.